The fourth-order valence-corrected chi connectivity index (χ4v) is 4.79. The van der Waals surface area contributed by atoms with E-state index >= 15 is 0 Å². The number of hydrogen-bond acceptors (Lipinski definition) is 3. The summed E-state index contributed by atoms with van der Waals surface area (Å²) in [6.07, 6.45) is 3.82. The van der Waals surface area contributed by atoms with Crippen molar-refractivity contribution in [2.45, 2.75) is 59.2 Å². The molecule has 2 aliphatic heterocycles. The molecule has 2 aliphatic rings. The zero-order valence-electron chi connectivity index (χ0n) is 18.3. The van der Waals surface area contributed by atoms with E-state index in [0.29, 0.717) is 12.2 Å². The molecule has 2 atom stereocenters. The van der Waals surface area contributed by atoms with Gasteiger partial charge >= 0.3 is 0 Å². The molecular weight excluding hydrogens is 360 g/mol. The Hall–Kier alpha value is -2.04. The molecule has 29 heavy (non-hydrogen) atoms. The van der Waals surface area contributed by atoms with Crippen LogP contribution < -0.4 is 20.1 Å². The van der Waals surface area contributed by atoms with Gasteiger partial charge in [0, 0.05) is 13.0 Å². The molecule has 0 spiro atoms. The smallest absolute Gasteiger partial charge is 0.153 e. The largest absolute Gasteiger partial charge is 0.489 e. The highest BCUT2D eigenvalue weighted by Gasteiger charge is 2.22. The molecule has 0 aliphatic carbocycles. The van der Waals surface area contributed by atoms with Gasteiger partial charge in [-0.3, -0.25) is 0 Å². The first-order valence-corrected chi connectivity index (χ1v) is 11.1. The third-order valence-corrected chi connectivity index (χ3v) is 6.15. The average Bonchev–Trinajstić information content (AvgIpc) is 3.35. The number of rotatable bonds is 6. The van der Waals surface area contributed by atoms with E-state index in [4.69, 9.17) is 9.47 Å². The van der Waals surface area contributed by atoms with Crippen LogP contribution >= 0.6 is 0 Å². The fraction of sp³-hybridized carbons (Fsp3) is 0.520. The van der Waals surface area contributed by atoms with Crippen LogP contribution in [0.1, 0.15) is 46.2 Å². The van der Waals surface area contributed by atoms with E-state index < -0.39 is 0 Å². The van der Waals surface area contributed by atoms with Crippen molar-refractivity contribution >= 4 is 0 Å². The second-order valence-corrected chi connectivity index (χ2v) is 8.87. The number of benzene rings is 2. The monoisotopic (exact) mass is 395 g/mol. The first-order valence-electron chi connectivity index (χ1n) is 11.1. The number of hydrogen-bond donors (Lipinski definition) is 2. The minimum Gasteiger partial charge on any atom is -0.489 e. The third-order valence-electron chi connectivity index (χ3n) is 6.15. The lowest BCUT2D eigenvalue weighted by Crippen LogP contribution is -2.81. The number of aryl methyl sites for hydroxylation is 4. The van der Waals surface area contributed by atoms with Gasteiger partial charge in [-0.05, 0) is 80.5 Å². The summed E-state index contributed by atoms with van der Waals surface area (Å²) in [7, 11) is 0. The van der Waals surface area contributed by atoms with Crippen LogP contribution in [0.2, 0.25) is 0 Å². The van der Waals surface area contributed by atoms with Crippen molar-refractivity contribution in [1.82, 2.24) is 5.32 Å². The van der Waals surface area contributed by atoms with E-state index in [9.17, 15) is 0 Å². The quantitative estimate of drug-likeness (QED) is 0.791. The SMILES string of the molecule is Cc1cc(Cc2cc(C)c(OC3CC[NH2+]C3)c(C)c2)cc(C)c1OC1CCNC1. The van der Waals surface area contributed by atoms with Gasteiger partial charge in [-0.2, -0.15) is 0 Å². The lowest BCUT2D eigenvalue weighted by Gasteiger charge is -2.19. The summed E-state index contributed by atoms with van der Waals surface area (Å²) in [6.45, 7) is 12.9. The van der Waals surface area contributed by atoms with Crippen LogP contribution in [0.25, 0.3) is 0 Å². The molecular formula is C25H35N2O2+. The van der Waals surface area contributed by atoms with Crippen molar-refractivity contribution in [1.29, 1.82) is 0 Å². The van der Waals surface area contributed by atoms with Crippen LogP contribution in [0.5, 0.6) is 11.5 Å². The highest BCUT2D eigenvalue weighted by molar-refractivity contribution is 5.48. The van der Waals surface area contributed by atoms with E-state index in [-0.39, 0.29) is 0 Å². The van der Waals surface area contributed by atoms with E-state index in [0.717, 1.165) is 50.4 Å². The van der Waals surface area contributed by atoms with Crippen LogP contribution in [-0.4, -0.2) is 38.4 Å². The maximum absolute atomic E-state index is 6.31. The second kappa shape index (κ2) is 8.76. The van der Waals surface area contributed by atoms with Crippen LogP contribution in [-0.2, 0) is 6.42 Å². The molecule has 0 radical (unpaired) electrons. The standard InChI is InChI=1S/C25H34N2O2/c1-16-9-20(10-17(2)24(16)28-22-5-7-26-14-22)13-21-11-18(3)25(19(4)12-21)29-23-6-8-27-15-23/h9-12,22-23,26-27H,5-8,13-15H2,1-4H3/p+1. The van der Waals surface area contributed by atoms with Crippen molar-refractivity contribution in [3.8, 4) is 11.5 Å². The zero-order valence-corrected chi connectivity index (χ0v) is 18.3. The number of quaternary nitrogens is 1. The predicted molar refractivity (Wildman–Crippen MR) is 117 cm³/mol. The Bertz CT molecular complexity index is 748. The molecule has 156 valence electrons. The minimum atomic E-state index is 0.300. The van der Waals surface area contributed by atoms with Crippen LogP contribution in [0.3, 0.4) is 0 Å². The van der Waals surface area contributed by atoms with Gasteiger partial charge < -0.3 is 20.1 Å². The number of nitrogens with one attached hydrogen (secondary N) is 1. The number of ether oxygens (including phenoxy) is 2. The summed E-state index contributed by atoms with van der Waals surface area (Å²) in [6, 6.07) is 9.16. The Morgan fingerprint density at radius 1 is 0.828 bits per heavy atom. The molecule has 2 aromatic carbocycles. The minimum absolute atomic E-state index is 0.300. The van der Waals surface area contributed by atoms with Crippen LogP contribution in [0, 0.1) is 27.7 Å². The molecule has 4 rings (SSSR count). The molecule has 2 heterocycles. The first-order chi connectivity index (χ1) is 14.0. The van der Waals surface area contributed by atoms with Gasteiger partial charge in [-0.1, -0.05) is 24.3 Å². The average molecular weight is 396 g/mol. The van der Waals surface area contributed by atoms with Crippen molar-refractivity contribution in [2.24, 2.45) is 0 Å². The van der Waals surface area contributed by atoms with Gasteiger partial charge in [0.1, 0.15) is 24.1 Å². The van der Waals surface area contributed by atoms with E-state index in [1.54, 1.807) is 0 Å². The maximum atomic E-state index is 6.31. The van der Waals surface area contributed by atoms with E-state index in [1.165, 1.54) is 39.9 Å². The van der Waals surface area contributed by atoms with Gasteiger partial charge in [0.15, 0.2) is 6.10 Å². The molecule has 0 amide bonds. The van der Waals surface area contributed by atoms with Gasteiger partial charge in [-0.25, -0.2) is 0 Å². The van der Waals surface area contributed by atoms with Crippen molar-refractivity contribution in [3.63, 3.8) is 0 Å². The highest BCUT2D eigenvalue weighted by atomic mass is 16.5. The summed E-state index contributed by atoms with van der Waals surface area (Å²) in [5, 5.41) is 5.71. The maximum Gasteiger partial charge on any atom is 0.153 e. The zero-order chi connectivity index (χ0) is 20.4. The third kappa shape index (κ3) is 4.76. The molecule has 4 nitrogen and oxygen atoms in total. The molecule has 0 bridgehead atoms. The molecule has 2 saturated heterocycles. The van der Waals surface area contributed by atoms with Crippen molar-refractivity contribution in [2.75, 3.05) is 26.2 Å². The van der Waals surface area contributed by atoms with E-state index in [2.05, 4.69) is 62.6 Å². The molecule has 4 heteroatoms. The van der Waals surface area contributed by atoms with Gasteiger partial charge in [-0.15, -0.1) is 0 Å². The van der Waals surface area contributed by atoms with Crippen molar-refractivity contribution < 1.29 is 14.8 Å². The normalized spacial score (nSPS) is 21.5. The Morgan fingerprint density at radius 3 is 1.83 bits per heavy atom. The Balaban J connectivity index is 1.49. The summed E-state index contributed by atoms with van der Waals surface area (Å²) in [5.74, 6) is 2.14. The van der Waals surface area contributed by atoms with Gasteiger partial charge in [0.2, 0.25) is 0 Å². The molecule has 2 fully saturated rings. The van der Waals surface area contributed by atoms with E-state index in [1.807, 2.05) is 0 Å². The first kappa shape index (κ1) is 20.2. The fourth-order valence-electron chi connectivity index (χ4n) is 4.79. The summed E-state index contributed by atoms with van der Waals surface area (Å²) < 4.78 is 12.6. The molecule has 3 N–H and O–H groups in total. The molecule has 0 saturated carbocycles. The Kier molecular flexibility index (Phi) is 6.12. The van der Waals surface area contributed by atoms with Crippen LogP contribution in [0.15, 0.2) is 24.3 Å². The molecule has 2 unspecified atom stereocenters. The topological polar surface area (TPSA) is 47.1 Å². The summed E-state index contributed by atoms with van der Waals surface area (Å²) in [4.78, 5) is 0. The lowest BCUT2D eigenvalue weighted by molar-refractivity contribution is -0.638. The summed E-state index contributed by atoms with van der Waals surface area (Å²) >= 11 is 0. The Labute approximate surface area is 175 Å². The molecule has 2 aromatic rings. The summed E-state index contributed by atoms with van der Waals surface area (Å²) in [5.41, 5.74) is 7.64. The van der Waals surface area contributed by atoms with Crippen molar-refractivity contribution in [3.05, 3.63) is 57.6 Å². The molecule has 0 aromatic heterocycles. The van der Waals surface area contributed by atoms with Gasteiger partial charge in [0.05, 0.1) is 6.54 Å². The Morgan fingerprint density at radius 2 is 1.38 bits per heavy atom. The lowest BCUT2D eigenvalue weighted by atomic mass is 9.97. The highest BCUT2D eigenvalue weighted by Crippen LogP contribution is 2.30. The van der Waals surface area contributed by atoms with Crippen LogP contribution in [0.4, 0.5) is 0 Å². The van der Waals surface area contributed by atoms with Gasteiger partial charge in [0.25, 0.3) is 0 Å². The number of nitrogens with two attached hydrogens (primary N) is 1. The second-order valence-electron chi connectivity index (χ2n) is 8.87. The predicted octanol–water partition coefficient (Wildman–Crippen LogP) is 2.97.